The molecule has 0 saturated heterocycles. The molecule has 0 aliphatic heterocycles. The van der Waals surface area contributed by atoms with Gasteiger partial charge in [-0.1, -0.05) is 18.2 Å². The number of nitrogens with one attached hydrogen (secondary N) is 1. The lowest BCUT2D eigenvalue weighted by molar-refractivity contribution is 0.273. The summed E-state index contributed by atoms with van der Waals surface area (Å²) < 4.78 is 38.2. The Bertz CT molecular complexity index is 1710. The summed E-state index contributed by atoms with van der Waals surface area (Å²) in [7, 11) is 1.93. The van der Waals surface area contributed by atoms with Crippen LogP contribution in [0.25, 0.3) is 16.8 Å². The van der Waals surface area contributed by atoms with Crippen LogP contribution in [0.5, 0.6) is 11.6 Å². The predicted octanol–water partition coefficient (Wildman–Crippen LogP) is 4.23. The third-order valence-electron chi connectivity index (χ3n) is 6.40. The summed E-state index contributed by atoms with van der Waals surface area (Å²) in [6, 6.07) is 14.7. The lowest BCUT2D eigenvalue weighted by Crippen LogP contribution is -2.16. The average Bonchev–Trinajstić information content (AvgIpc) is 3.29. The van der Waals surface area contributed by atoms with Gasteiger partial charge < -0.3 is 25.4 Å². The number of methoxy groups -OCH3 is 1. The van der Waals surface area contributed by atoms with Crippen molar-refractivity contribution < 1.29 is 17.9 Å². The molecule has 0 aliphatic rings. The molecular formula is C30H37N7O4S. The van der Waals surface area contributed by atoms with Gasteiger partial charge in [-0.15, -0.1) is 0 Å². The van der Waals surface area contributed by atoms with Gasteiger partial charge in [-0.2, -0.15) is 14.6 Å². The van der Waals surface area contributed by atoms with E-state index < -0.39 is 9.84 Å². The second-order valence-corrected chi connectivity index (χ2v) is 12.0. The van der Waals surface area contributed by atoms with E-state index in [0.717, 1.165) is 30.5 Å². The molecule has 0 atom stereocenters. The van der Waals surface area contributed by atoms with Crippen LogP contribution in [0.3, 0.4) is 0 Å². The quantitative estimate of drug-likeness (QED) is 0.173. The van der Waals surface area contributed by atoms with Crippen LogP contribution in [0.15, 0.2) is 70.7 Å². The highest BCUT2D eigenvalue weighted by molar-refractivity contribution is 7.90. The van der Waals surface area contributed by atoms with Gasteiger partial charge in [-0.3, -0.25) is 4.99 Å². The molecule has 2 heterocycles. The number of rotatable bonds is 13. The van der Waals surface area contributed by atoms with Gasteiger partial charge in [0.15, 0.2) is 15.5 Å². The zero-order valence-electron chi connectivity index (χ0n) is 24.5. The molecule has 222 valence electrons. The van der Waals surface area contributed by atoms with Crippen LogP contribution in [-0.2, 0) is 16.4 Å². The van der Waals surface area contributed by atoms with E-state index in [-0.39, 0.29) is 10.6 Å². The van der Waals surface area contributed by atoms with Gasteiger partial charge in [0.2, 0.25) is 5.88 Å². The lowest BCUT2D eigenvalue weighted by atomic mass is 10.1. The largest absolute Gasteiger partial charge is 0.495 e. The summed E-state index contributed by atoms with van der Waals surface area (Å²) in [4.78, 5) is 11.4. The number of aromatic nitrogens is 3. The Balaban J connectivity index is 1.75. The smallest absolute Gasteiger partial charge is 0.219 e. The van der Waals surface area contributed by atoms with Crippen LogP contribution < -0.4 is 20.5 Å². The molecule has 0 radical (unpaired) electrons. The number of nitrogens with two attached hydrogens (primary N) is 1. The van der Waals surface area contributed by atoms with Gasteiger partial charge in [0.1, 0.15) is 16.5 Å². The fourth-order valence-corrected chi connectivity index (χ4v) is 5.29. The van der Waals surface area contributed by atoms with Crippen LogP contribution in [0.2, 0.25) is 0 Å². The first kappa shape index (κ1) is 30.5. The normalized spacial score (nSPS) is 12.1. The second kappa shape index (κ2) is 13.5. The molecule has 12 heteroatoms. The van der Waals surface area contributed by atoms with E-state index >= 15 is 0 Å². The first-order chi connectivity index (χ1) is 20.1. The highest BCUT2D eigenvalue weighted by Crippen LogP contribution is 2.35. The van der Waals surface area contributed by atoms with Gasteiger partial charge in [0, 0.05) is 37.2 Å². The maximum Gasteiger partial charge on any atom is 0.219 e. The topological polar surface area (TPSA) is 136 Å². The molecule has 0 unspecified atom stereocenters. The predicted molar refractivity (Wildman–Crippen MR) is 167 cm³/mol. The van der Waals surface area contributed by atoms with Crippen LogP contribution in [0.4, 0.5) is 11.5 Å². The average molecular weight is 592 g/mol. The van der Waals surface area contributed by atoms with Crippen molar-refractivity contribution in [3.8, 4) is 22.8 Å². The summed E-state index contributed by atoms with van der Waals surface area (Å²) in [5.74, 6) is 1.39. The van der Waals surface area contributed by atoms with Crippen molar-refractivity contribution in [1.29, 1.82) is 0 Å². The second-order valence-electron chi connectivity index (χ2n) is 10.0. The zero-order chi connectivity index (χ0) is 30.3. The number of aryl methyl sites for hydroxylation is 1. The minimum atomic E-state index is -3.55. The molecule has 0 bridgehead atoms. The number of hydrogen-bond donors (Lipinski definition) is 2. The lowest BCUT2D eigenvalue weighted by Gasteiger charge is -2.13. The van der Waals surface area contributed by atoms with Gasteiger partial charge in [0.05, 0.1) is 25.1 Å². The Labute approximate surface area is 246 Å². The van der Waals surface area contributed by atoms with Crippen LogP contribution in [0, 0.1) is 6.92 Å². The minimum absolute atomic E-state index is 0.0974. The standard InChI is InChI=1S/C30H37N7O4S/c1-21-29(23-11-12-25(40-4)26(18-23)42(5,38)39)30-34-28(41-16-8-15-36(2)3)19-27(37(30)35-21)33-20-22-9-6-10-24(17-22)32-14-7-13-31/h6-7,9-14,17-19,33H,8,15-16,20,31H2,1-5H3. The van der Waals surface area contributed by atoms with Crippen molar-refractivity contribution in [3.05, 3.63) is 72.1 Å². The number of fused-ring (bicyclic) bond motifs is 1. The van der Waals surface area contributed by atoms with E-state index in [0.29, 0.717) is 47.3 Å². The van der Waals surface area contributed by atoms with Crippen LogP contribution >= 0.6 is 0 Å². The molecule has 11 nitrogen and oxygen atoms in total. The van der Waals surface area contributed by atoms with E-state index in [2.05, 4.69) is 15.2 Å². The maximum atomic E-state index is 12.5. The summed E-state index contributed by atoms with van der Waals surface area (Å²) in [6.07, 6.45) is 6.72. The van der Waals surface area contributed by atoms with E-state index in [4.69, 9.17) is 25.3 Å². The summed E-state index contributed by atoms with van der Waals surface area (Å²) in [5.41, 5.74) is 9.79. The number of benzene rings is 2. The fourth-order valence-electron chi connectivity index (χ4n) is 4.44. The number of nitrogens with zero attached hydrogens (tertiary/aromatic N) is 5. The van der Waals surface area contributed by atoms with Crippen LogP contribution in [-0.4, -0.2) is 74.7 Å². The maximum absolute atomic E-state index is 12.5. The molecule has 4 aromatic rings. The number of anilines is 1. The van der Waals surface area contributed by atoms with Crippen molar-refractivity contribution in [2.24, 2.45) is 10.7 Å². The van der Waals surface area contributed by atoms with E-state index in [1.807, 2.05) is 57.4 Å². The molecule has 42 heavy (non-hydrogen) atoms. The van der Waals surface area contributed by atoms with Crippen molar-refractivity contribution in [2.45, 2.75) is 24.8 Å². The molecule has 0 saturated carbocycles. The summed E-state index contributed by atoms with van der Waals surface area (Å²) in [5, 5.41) is 8.23. The molecule has 2 aromatic heterocycles. The van der Waals surface area contributed by atoms with Gasteiger partial charge in [-0.25, -0.2) is 8.42 Å². The first-order valence-corrected chi connectivity index (χ1v) is 15.3. The summed E-state index contributed by atoms with van der Waals surface area (Å²) >= 11 is 0. The Morgan fingerprint density at radius 2 is 1.98 bits per heavy atom. The van der Waals surface area contributed by atoms with E-state index in [1.54, 1.807) is 28.9 Å². The molecule has 0 amide bonds. The Hall–Kier alpha value is -4.42. The molecule has 0 fully saturated rings. The number of sulfone groups is 1. The van der Waals surface area contributed by atoms with E-state index in [9.17, 15) is 8.42 Å². The Kier molecular flexibility index (Phi) is 9.81. The third kappa shape index (κ3) is 7.45. The molecule has 3 N–H and O–H groups in total. The number of aliphatic imine (C=N–C) groups is 1. The zero-order valence-corrected chi connectivity index (χ0v) is 25.4. The highest BCUT2D eigenvalue weighted by atomic mass is 32.2. The molecule has 4 rings (SSSR count). The molecule has 0 spiro atoms. The SMILES string of the molecule is COc1ccc(-c2c(C)nn3c(NCc4cccc(N=CC=CN)c4)cc(OCCCN(C)C)nc23)cc1S(C)(=O)=O. The van der Waals surface area contributed by atoms with Crippen molar-refractivity contribution in [3.63, 3.8) is 0 Å². The van der Waals surface area contributed by atoms with Gasteiger partial charge in [0.25, 0.3) is 0 Å². The van der Waals surface area contributed by atoms with Crippen molar-refractivity contribution in [2.75, 3.05) is 45.9 Å². The first-order valence-electron chi connectivity index (χ1n) is 13.4. The minimum Gasteiger partial charge on any atom is -0.495 e. The molecule has 2 aromatic carbocycles. The molecular weight excluding hydrogens is 554 g/mol. The van der Waals surface area contributed by atoms with E-state index in [1.165, 1.54) is 13.3 Å². The Morgan fingerprint density at radius 1 is 1.17 bits per heavy atom. The molecule has 0 aliphatic carbocycles. The Morgan fingerprint density at radius 3 is 2.69 bits per heavy atom. The van der Waals surface area contributed by atoms with Crippen molar-refractivity contribution in [1.82, 2.24) is 19.5 Å². The monoisotopic (exact) mass is 591 g/mol. The van der Waals surface area contributed by atoms with Crippen LogP contribution in [0.1, 0.15) is 17.7 Å². The highest BCUT2D eigenvalue weighted by Gasteiger charge is 2.21. The van der Waals surface area contributed by atoms with Gasteiger partial charge >= 0.3 is 0 Å². The summed E-state index contributed by atoms with van der Waals surface area (Å²) in [6.45, 7) is 3.73. The fraction of sp³-hybridized carbons (Fsp3) is 0.300. The number of ether oxygens (including phenoxy) is 2. The number of hydrogen-bond acceptors (Lipinski definition) is 10. The van der Waals surface area contributed by atoms with Crippen molar-refractivity contribution >= 4 is 33.2 Å². The van der Waals surface area contributed by atoms with Gasteiger partial charge in [-0.05, 0) is 75.1 Å². The third-order valence-corrected chi connectivity index (χ3v) is 7.51. The number of allylic oxidation sites excluding steroid dienone is 1.